The number of amides is 3. The van der Waals surface area contributed by atoms with E-state index < -0.39 is 0 Å². The SMILES string of the molecule is Cc1ccc(C(=O)NCc2ccc(F)cc2)c(C2CCN(C(=O)NCc3ccccc3)CC2)n1. The number of piperidine rings is 1. The molecule has 7 heteroatoms. The van der Waals surface area contributed by atoms with Gasteiger partial charge in [0.15, 0.2) is 0 Å². The zero-order valence-corrected chi connectivity index (χ0v) is 19.3. The third-order valence-electron chi connectivity index (χ3n) is 6.13. The largest absolute Gasteiger partial charge is 0.348 e. The second-order valence-electron chi connectivity index (χ2n) is 8.60. The number of pyridine rings is 1. The maximum Gasteiger partial charge on any atom is 0.317 e. The molecule has 1 aliphatic rings. The summed E-state index contributed by atoms with van der Waals surface area (Å²) in [6.07, 6.45) is 1.49. The van der Waals surface area contributed by atoms with Crippen LogP contribution in [0.5, 0.6) is 0 Å². The van der Waals surface area contributed by atoms with Crippen LogP contribution in [0.25, 0.3) is 0 Å². The number of hydrogen-bond acceptors (Lipinski definition) is 3. The van der Waals surface area contributed by atoms with Gasteiger partial charge in [0.1, 0.15) is 5.82 Å². The highest BCUT2D eigenvalue weighted by molar-refractivity contribution is 5.95. The molecule has 2 aromatic carbocycles. The number of carbonyl (C=O) groups is 2. The minimum Gasteiger partial charge on any atom is -0.348 e. The van der Waals surface area contributed by atoms with Crippen LogP contribution < -0.4 is 10.6 Å². The van der Waals surface area contributed by atoms with Gasteiger partial charge in [-0.1, -0.05) is 42.5 Å². The van der Waals surface area contributed by atoms with Crippen molar-refractivity contribution in [2.24, 2.45) is 0 Å². The van der Waals surface area contributed by atoms with Crippen molar-refractivity contribution in [3.63, 3.8) is 0 Å². The number of hydrogen-bond donors (Lipinski definition) is 2. The quantitative estimate of drug-likeness (QED) is 0.567. The fraction of sp³-hybridized carbons (Fsp3) is 0.296. The number of urea groups is 1. The number of aromatic nitrogens is 1. The maximum atomic E-state index is 13.1. The van der Waals surface area contributed by atoms with Crippen molar-refractivity contribution in [1.29, 1.82) is 0 Å². The van der Waals surface area contributed by atoms with Gasteiger partial charge in [-0.15, -0.1) is 0 Å². The first-order chi connectivity index (χ1) is 16.5. The molecular weight excluding hydrogens is 431 g/mol. The highest BCUT2D eigenvalue weighted by atomic mass is 19.1. The number of likely N-dealkylation sites (tertiary alicyclic amines) is 1. The van der Waals surface area contributed by atoms with Crippen LogP contribution in [0.3, 0.4) is 0 Å². The van der Waals surface area contributed by atoms with E-state index in [4.69, 9.17) is 4.98 Å². The second-order valence-corrected chi connectivity index (χ2v) is 8.60. The molecule has 0 radical (unpaired) electrons. The van der Waals surface area contributed by atoms with Crippen LogP contribution in [0.1, 0.15) is 51.6 Å². The molecule has 3 amide bonds. The van der Waals surface area contributed by atoms with Gasteiger partial charge in [-0.05, 0) is 55.2 Å². The van der Waals surface area contributed by atoms with E-state index in [-0.39, 0.29) is 23.7 Å². The van der Waals surface area contributed by atoms with Crippen LogP contribution in [0, 0.1) is 12.7 Å². The first-order valence-electron chi connectivity index (χ1n) is 11.6. The number of nitrogens with one attached hydrogen (secondary N) is 2. The van der Waals surface area contributed by atoms with Gasteiger partial charge >= 0.3 is 6.03 Å². The van der Waals surface area contributed by atoms with Gasteiger partial charge in [0, 0.05) is 37.8 Å². The molecule has 0 unspecified atom stereocenters. The van der Waals surface area contributed by atoms with Crippen LogP contribution in [0.15, 0.2) is 66.7 Å². The first kappa shape index (κ1) is 23.4. The molecule has 0 saturated carbocycles. The van der Waals surface area contributed by atoms with Crippen LogP contribution >= 0.6 is 0 Å². The summed E-state index contributed by atoms with van der Waals surface area (Å²) in [7, 11) is 0. The fourth-order valence-electron chi connectivity index (χ4n) is 4.20. The molecule has 0 atom stereocenters. The van der Waals surface area contributed by atoms with Gasteiger partial charge < -0.3 is 15.5 Å². The summed E-state index contributed by atoms with van der Waals surface area (Å²) in [6.45, 7) is 3.94. The molecule has 2 heterocycles. The molecule has 0 aliphatic carbocycles. The number of benzene rings is 2. The molecule has 6 nitrogen and oxygen atoms in total. The number of halogens is 1. The lowest BCUT2D eigenvalue weighted by atomic mass is 9.90. The molecule has 2 N–H and O–H groups in total. The second kappa shape index (κ2) is 10.9. The molecule has 1 aromatic heterocycles. The summed E-state index contributed by atoms with van der Waals surface area (Å²) in [5, 5.41) is 5.90. The van der Waals surface area contributed by atoms with Crippen LogP contribution in [-0.2, 0) is 13.1 Å². The molecule has 176 valence electrons. The highest BCUT2D eigenvalue weighted by Crippen LogP contribution is 2.29. The Morgan fingerprint density at radius 2 is 1.56 bits per heavy atom. The third kappa shape index (κ3) is 5.98. The monoisotopic (exact) mass is 460 g/mol. The molecule has 1 saturated heterocycles. The predicted octanol–water partition coefficient (Wildman–Crippen LogP) is 4.55. The average molecular weight is 461 g/mol. The third-order valence-corrected chi connectivity index (χ3v) is 6.13. The van der Waals surface area contributed by atoms with E-state index in [9.17, 15) is 14.0 Å². The Balaban J connectivity index is 1.35. The lowest BCUT2D eigenvalue weighted by Crippen LogP contribution is -2.44. The Morgan fingerprint density at radius 1 is 0.912 bits per heavy atom. The number of carbonyl (C=O) groups excluding carboxylic acids is 2. The summed E-state index contributed by atoms with van der Waals surface area (Å²) >= 11 is 0. The van der Waals surface area contributed by atoms with E-state index in [0.717, 1.165) is 35.4 Å². The van der Waals surface area contributed by atoms with Crippen molar-refractivity contribution < 1.29 is 14.0 Å². The molecule has 3 aromatic rings. The van der Waals surface area contributed by atoms with Crippen LogP contribution in [0.4, 0.5) is 9.18 Å². The minimum absolute atomic E-state index is 0.0724. The van der Waals surface area contributed by atoms with E-state index in [2.05, 4.69) is 10.6 Å². The smallest absolute Gasteiger partial charge is 0.317 e. The molecule has 0 bridgehead atoms. The zero-order valence-electron chi connectivity index (χ0n) is 19.3. The first-order valence-corrected chi connectivity index (χ1v) is 11.6. The Hall–Kier alpha value is -3.74. The van der Waals surface area contributed by atoms with E-state index in [1.807, 2.05) is 54.3 Å². The fourth-order valence-corrected chi connectivity index (χ4v) is 4.20. The molecule has 1 fully saturated rings. The summed E-state index contributed by atoms with van der Waals surface area (Å²) in [6, 6.07) is 19.5. The Morgan fingerprint density at radius 3 is 2.26 bits per heavy atom. The van der Waals surface area contributed by atoms with Gasteiger partial charge in [0.2, 0.25) is 0 Å². The minimum atomic E-state index is -0.305. The predicted molar refractivity (Wildman–Crippen MR) is 129 cm³/mol. The normalized spacial score (nSPS) is 14.0. The van der Waals surface area contributed by atoms with E-state index in [1.54, 1.807) is 12.1 Å². The molecule has 4 rings (SSSR count). The number of aryl methyl sites for hydroxylation is 1. The van der Waals surface area contributed by atoms with Crippen LogP contribution in [0.2, 0.25) is 0 Å². The van der Waals surface area contributed by atoms with Gasteiger partial charge in [0.25, 0.3) is 5.91 Å². The van der Waals surface area contributed by atoms with Crippen molar-refractivity contribution in [3.8, 4) is 0 Å². The molecule has 0 spiro atoms. The van der Waals surface area contributed by atoms with Gasteiger partial charge in [-0.2, -0.15) is 0 Å². The summed E-state index contributed by atoms with van der Waals surface area (Å²) in [4.78, 5) is 32.1. The van der Waals surface area contributed by atoms with E-state index in [1.165, 1.54) is 12.1 Å². The zero-order chi connectivity index (χ0) is 23.9. The topological polar surface area (TPSA) is 74.3 Å². The van der Waals surface area contributed by atoms with Crippen molar-refractivity contribution >= 4 is 11.9 Å². The Labute approximate surface area is 199 Å². The van der Waals surface area contributed by atoms with Crippen molar-refractivity contribution in [1.82, 2.24) is 20.5 Å². The molecule has 34 heavy (non-hydrogen) atoms. The summed E-state index contributed by atoms with van der Waals surface area (Å²) in [5.41, 5.74) is 4.07. The summed E-state index contributed by atoms with van der Waals surface area (Å²) < 4.78 is 13.1. The molecule has 1 aliphatic heterocycles. The van der Waals surface area contributed by atoms with Crippen molar-refractivity contribution in [3.05, 3.63) is 101 Å². The highest BCUT2D eigenvalue weighted by Gasteiger charge is 2.28. The van der Waals surface area contributed by atoms with Gasteiger partial charge in [0.05, 0.1) is 11.3 Å². The maximum absolute atomic E-state index is 13.1. The van der Waals surface area contributed by atoms with Crippen molar-refractivity contribution in [2.75, 3.05) is 13.1 Å². The van der Waals surface area contributed by atoms with E-state index in [0.29, 0.717) is 31.7 Å². The van der Waals surface area contributed by atoms with Gasteiger partial charge in [-0.3, -0.25) is 9.78 Å². The molecular formula is C27H29FN4O2. The summed E-state index contributed by atoms with van der Waals surface area (Å²) in [5.74, 6) is -0.403. The van der Waals surface area contributed by atoms with Crippen molar-refractivity contribution in [2.45, 2.75) is 38.8 Å². The van der Waals surface area contributed by atoms with Crippen LogP contribution in [-0.4, -0.2) is 34.9 Å². The van der Waals surface area contributed by atoms with E-state index >= 15 is 0 Å². The Bertz CT molecular complexity index is 1130. The number of nitrogens with zero attached hydrogens (tertiary/aromatic N) is 2. The number of rotatable bonds is 6. The standard InChI is InChI=1S/C27H29FN4O2/c1-19-7-12-24(26(33)29-17-21-8-10-23(28)11-9-21)25(31-19)22-13-15-32(16-14-22)27(34)30-18-20-5-3-2-4-6-20/h2-12,22H,13-18H2,1H3,(H,29,33)(H,30,34). The lowest BCUT2D eigenvalue weighted by molar-refractivity contribution is 0.0948. The Kier molecular flexibility index (Phi) is 7.52. The average Bonchev–Trinajstić information content (AvgIpc) is 2.87. The lowest BCUT2D eigenvalue weighted by Gasteiger charge is -2.32. The van der Waals surface area contributed by atoms with Gasteiger partial charge in [-0.25, -0.2) is 9.18 Å².